The van der Waals surface area contributed by atoms with Crippen LogP contribution >= 0.6 is 11.8 Å². The van der Waals surface area contributed by atoms with Gasteiger partial charge in [-0.05, 0) is 50.0 Å². The number of benzene rings is 1. The smallest absolute Gasteiger partial charge is 0.244 e. The molecule has 1 rings (SSSR count). The molecule has 0 amide bonds. The molecule has 0 unspecified atom stereocenters. The second kappa shape index (κ2) is 8.39. The van der Waals surface area contributed by atoms with Crippen molar-refractivity contribution in [3.05, 3.63) is 18.2 Å². The molecule has 20 heavy (non-hydrogen) atoms. The molecule has 1 aromatic rings. The number of rotatable bonds is 9. The van der Waals surface area contributed by atoms with Gasteiger partial charge in [0.05, 0.1) is 6.61 Å². The molecule has 1 aromatic carbocycles. The summed E-state index contributed by atoms with van der Waals surface area (Å²) in [5.74, 6) is 1.36. The van der Waals surface area contributed by atoms with Gasteiger partial charge in [-0.1, -0.05) is 0 Å². The first kappa shape index (κ1) is 17.1. The first-order valence-electron chi connectivity index (χ1n) is 6.52. The molecule has 0 heterocycles. The normalized spacial score (nSPS) is 11.5. The van der Waals surface area contributed by atoms with E-state index in [1.165, 1.54) is 6.07 Å². The first-order valence-corrected chi connectivity index (χ1v) is 9.40. The van der Waals surface area contributed by atoms with E-state index in [-0.39, 0.29) is 4.90 Å². The molecule has 7 heteroatoms. The summed E-state index contributed by atoms with van der Waals surface area (Å²) in [5, 5.41) is 0. The lowest BCUT2D eigenvalue weighted by molar-refractivity contribution is 0.331. The van der Waals surface area contributed by atoms with Crippen molar-refractivity contribution in [3.8, 4) is 5.75 Å². The van der Waals surface area contributed by atoms with Gasteiger partial charge in [-0.3, -0.25) is 0 Å². The molecule has 0 atom stereocenters. The predicted octanol–water partition coefficient (Wildman–Crippen LogP) is 2.09. The Bertz CT molecular complexity index is 518. The van der Waals surface area contributed by atoms with Crippen molar-refractivity contribution >= 4 is 27.5 Å². The van der Waals surface area contributed by atoms with Crippen LogP contribution in [0.2, 0.25) is 0 Å². The third kappa shape index (κ3) is 5.22. The van der Waals surface area contributed by atoms with E-state index in [0.717, 1.165) is 18.6 Å². The highest BCUT2D eigenvalue weighted by Crippen LogP contribution is 2.26. The van der Waals surface area contributed by atoms with Crippen LogP contribution in [0, 0.1) is 0 Å². The molecule has 0 aromatic heterocycles. The Labute approximate surface area is 125 Å². The minimum absolute atomic E-state index is 0.101. The van der Waals surface area contributed by atoms with Crippen molar-refractivity contribution in [3.63, 3.8) is 0 Å². The average molecular weight is 318 g/mol. The van der Waals surface area contributed by atoms with Gasteiger partial charge >= 0.3 is 0 Å². The molecule has 0 bridgehead atoms. The van der Waals surface area contributed by atoms with E-state index in [0.29, 0.717) is 24.6 Å². The van der Waals surface area contributed by atoms with E-state index in [2.05, 4.69) is 4.72 Å². The highest BCUT2D eigenvalue weighted by Gasteiger charge is 2.19. The minimum Gasteiger partial charge on any atom is -0.492 e. The van der Waals surface area contributed by atoms with E-state index < -0.39 is 10.0 Å². The van der Waals surface area contributed by atoms with Gasteiger partial charge in [0.15, 0.2) is 0 Å². The fourth-order valence-electron chi connectivity index (χ4n) is 1.67. The molecule has 0 saturated carbocycles. The maximum Gasteiger partial charge on any atom is 0.244 e. The van der Waals surface area contributed by atoms with Gasteiger partial charge < -0.3 is 10.5 Å². The highest BCUT2D eigenvalue weighted by atomic mass is 32.2. The van der Waals surface area contributed by atoms with Crippen molar-refractivity contribution in [2.45, 2.75) is 24.7 Å². The third-order valence-electron chi connectivity index (χ3n) is 2.62. The Morgan fingerprint density at radius 1 is 1.35 bits per heavy atom. The molecule has 114 valence electrons. The summed E-state index contributed by atoms with van der Waals surface area (Å²) in [7, 11) is -3.58. The minimum atomic E-state index is -3.58. The zero-order valence-electron chi connectivity index (χ0n) is 11.9. The van der Waals surface area contributed by atoms with Crippen LogP contribution in [0.15, 0.2) is 23.1 Å². The summed E-state index contributed by atoms with van der Waals surface area (Å²) in [6.07, 6.45) is 3.83. The molecule has 0 aliphatic carbocycles. The van der Waals surface area contributed by atoms with Gasteiger partial charge in [0.2, 0.25) is 10.0 Å². The number of sulfonamides is 1. The molecule has 0 saturated heterocycles. The van der Waals surface area contributed by atoms with Gasteiger partial charge in [-0.25, -0.2) is 13.1 Å². The Morgan fingerprint density at radius 2 is 2.10 bits per heavy atom. The largest absolute Gasteiger partial charge is 0.492 e. The molecule has 0 radical (unpaired) electrons. The van der Waals surface area contributed by atoms with Gasteiger partial charge in [-0.2, -0.15) is 11.8 Å². The topological polar surface area (TPSA) is 81.4 Å². The number of anilines is 1. The summed E-state index contributed by atoms with van der Waals surface area (Å²) in [4.78, 5) is 0.101. The van der Waals surface area contributed by atoms with Crippen LogP contribution in [0.25, 0.3) is 0 Å². The van der Waals surface area contributed by atoms with Crippen molar-refractivity contribution in [1.82, 2.24) is 4.72 Å². The summed E-state index contributed by atoms with van der Waals surface area (Å²) < 4.78 is 32.5. The lowest BCUT2D eigenvalue weighted by Gasteiger charge is -2.12. The van der Waals surface area contributed by atoms with Crippen molar-refractivity contribution in [1.29, 1.82) is 0 Å². The third-order valence-corrected chi connectivity index (χ3v) is 4.80. The molecular formula is C13H22N2O3S2. The summed E-state index contributed by atoms with van der Waals surface area (Å²) in [5.41, 5.74) is 6.06. The van der Waals surface area contributed by atoms with Crippen molar-refractivity contribution in [2.24, 2.45) is 0 Å². The second-order valence-corrected chi connectivity index (χ2v) is 6.96. The van der Waals surface area contributed by atoms with Gasteiger partial charge in [-0.15, -0.1) is 0 Å². The lowest BCUT2D eigenvalue weighted by atomic mass is 10.3. The molecule has 3 N–H and O–H groups in total. The number of unbranched alkanes of at least 4 members (excludes halogenated alkanes) is 1. The molecule has 0 aliphatic rings. The number of nitrogens with one attached hydrogen (secondary N) is 1. The molecule has 0 fully saturated rings. The molecular weight excluding hydrogens is 296 g/mol. The summed E-state index contributed by atoms with van der Waals surface area (Å²) in [6.45, 7) is 2.63. The average Bonchev–Trinajstić information content (AvgIpc) is 2.40. The van der Waals surface area contributed by atoms with Gasteiger partial charge in [0, 0.05) is 12.2 Å². The monoisotopic (exact) mass is 318 g/mol. The quantitative estimate of drug-likeness (QED) is 0.538. The standard InChI is InChI=1S/C13H22N2O3S2/c1-3-18-12-7-6-11(14)10-13(12)20(16,17)15-8-4-5-9-19-2/h6-7,10,15H,3-5,8-9,14H2,1-2H3. The second-order valence-electron chi connectivity index (χ2n) is 4.24. The van der Waals surface area contributed by atoms with Crippen LogP contribution in [0.3, 0.4) is 0 Å². The molecule has 0 spiro atoms. The van der Waals surface area contributed by atoms with Crippen molar-refractivity contribution < 1.29 is 13.2 Å². The van der Waals surface area contributed by atoms with Gasteiger partial charge in [0.1, 0.15) is 10.6 Å². The Kier molecular flexibility index (Phi) is 7.18. The van der Waals surface area contributed by atoms with Crippen LogP contribution in [0.1, 0.15) is 19.8 Å². The van der Waals surface area contributed by atoms with E-state index >= 15 is 0 Å². The number of nitrogen functional groups attached to an aromatic ring is 1. The molecule has 0 aliphatic heterocycles. The maximum absolute atomic E-state index is 12.3. The van der Waals surface area contributed by atoms with E-state index in [1.54, 1.807) is 23.9 Å². The number of hydrogen-bond donors (Lipinski definition) is 2. The van der Waals surface area contributed by atoms with Crippen molar-refractivity contribution in [2.75, 3.05) is 30.9 Å². The van der Waals surface area contributed by atoms with Gasteiger partial charge in [0.25, 0.3) is 0 Å². The van der Waals surface area contributed by atoms with E-state index in [9.17, 15) is 8.42 Å². The Morgan fingerprint density at radius 3 is 2.75 bits per heavy atom. The van der Waals surface area contributed by atoms with Crippen LogP contribution in [0.4, 0.5) is 5.69 Å². The highest BCUT2D eigenvalue weighted by molar-refractivity contribution is 7.98. The fourth-order valence-corrected chi connectivity index (χ4v) is 3.41. The van der Waals surface area contributed by atoms with Crippen LogP contribution in [-0.2, 0) is 10.0 Å². The van der Waals surface area contributed by atoms with E-state index in [4.69, 9.17) is 10.5 Å². The van der Waals surface area contributed by atoms with Crippen LogP contribution in [-0.4, -0.2) is 33.6 Å². The number of thioether (sulfide) groups is 1. The predicted molar refractivity (Wildman–Crippen MR) is 84.8 cm³/mol. The molecule has 5 nitrogen and oxygen atoms in total. The lowest BCUT2D eigenvalue weighted by Crippen LogP contribution is -2.25. The van der Waals surface area contributed by atoms with Crippen LogP contribution < -0.4 is 15.2 Å². The first-order chi connectivity index (χ1) is 9.51. The summed E-state index contributed by atoms with van der Waals surface area (Å²) in [6, 6.07) is 4.64. The maximum atomic E-state index is 12.3. The number of ether oxygens (including phenoxy) is 1. The summed E-state index contributed by atoms with van der Waals surface area (Å²) >= 11 is 1.75. The zero-order valence-corrected chi connectivity index (χ0v) is 13.5. The number of nitrogens with two attached hydrogens (primary N) is 1. The number of hydrogen-bond acceptors (Lipinski definition) is 5. The van der Waals surface area contributed by atoms with Crippen LogP contribution in [0.5, 0.6) is 5.75 Å². The Hall–Kier alpha value is -0.920. The Balaban J connectivity index is 2.77. The fraction of sp³-hybridized carbons (Fsp3) is 0.538. The SMILES string of the molecule is CCOc1ccc(N)cc1S(=O)(=O)NCCCCSC. The van der Waals surface area contributed by atoms with E-state index in [1.807, 2.05) is 13.2 Å². The zero-order chi connectivity index (χ0) is 15.0.